The van der Waals surface area contributed by atoms with Gasteiger partial charge in [0.15, 0.2) is 0 Å². The molecule has 2 aromatic rings. The standard InChI is InChI=1S/C18H24N2O3S/c1-13(2)22-11-7-10-19-18(21)17-14(3)20-16(24-17)12-23-15-8-5-4-6-9-15/h4-6,8-9,13H,7,10-12H2,1-3H3,(H,19,21). The van der Waals surface area contributed by atoms with Gasteiger partial charge in [-0.1, -0.05) is 18.2 Å². The van der Waals surface area contributed by atoms with Crippen LogP contribution in [0.1, 0.15) is 40.6 Å². The molecule has 0 aliphatic carbocycles. The fourth-order valence-electron chi connectivity index (χ4n) is 2.06. The zero-order chi connectivity index (χ0) is 17.4. The summed E-state index contributed by atoms with van der Waals surface area (Å²) in [5.74, 6) is 0.710. The number of para-hydroxylation sites is 1. The average molecular weight is 348 g/mol. The van der Waals surface area contributed by atoms with E-state index in [2.05, 4.69) is 10.3 Å². The van der Waals surface area contributed by atoms with Crippen LogP contribution in [0.4, 0.5) is 0 Å². The molecule has 0 radical (unpaired) electrons. The predicted molar refractivity (Wildman–Crippen MR) is 95.7 cm³/mol. The summed E-state index contributed by atoms with van der Waals surface area (Å²) in [6, 6.07) is 9.57. The lowest BCUT2D eigenvalue weighted by molar-refractivity contribution is 0.0757. The zero-order valence-electron chi connectivity index (χ0n) is 14.4. The Morgan fingerprint density at radius 1 is 1.29 bits per heavy atom. The van der Waals surface area contributed by atoms with Crippen LogP contribution in [0.15, 0.2) is 30.3 Å². The Hall–Kier alpha value is -1.92. The first-order chi connectivity index (χ1) is 11.6. The van der Waals surface area contributed by atoms with Crippen molar-refractivity contribution in [3.8, 4) is 5.75 Å². The molecule has 1 aromatic heterocycles. The van der Waals surface area contributed by atoms with Gasteiger partial charge in [-0.3, -0.25) is 4.79 Å². The van der Waals surface area contributed by atoms with Gasteiger partial charge in [-0.2, -0.15) is 0 Å². The van der Waals surface area contributed by atoms with E-state index >= 15 is 0 Å². The highest BCUT2D eigenvalue weighted by molar-refractivity contribution is 7.13. The molecule has 1 heterocycles. The SMILES string of the molecule is Cc1nc(COc2ccccc2)sc1C(=O)NCCCOC(C)C. The zero-order valence-corrected chi connectivity index (χ0v) is 15.2. The minimum atomic E-state index is -0.0829. The van der Waals surface area contributed by atoms with Crippen LogP contribution in [0, 0.1) is 6.92 Å². The fraction of sp³-hybridized carbons (Fsp3) is 0.444. The third-order valence-electron chi connectivity index (χ3n) is 3.21. The van der Waals surface area contributed by atoms with E-state index in [0.717, 1.165) is 22.9 Å². The molecule has 1 N–H and O–H groups in total. The molecule has 0 atom stereocenters. The van der Waals surface area contributed by atoms with Crippen LogP contribution in [0.2, 0.25) is 0 Å². The van der Waals surface area contributed by atoms with E-state index in [0.29, 0.717) is 24.6 Å². The number of aryl methyl sites for hydroxylation is 1. The van der Waals surface area contributed by atoms with E-state index in [1.807, 2.05) is 51.1 Å². The maximum absolute atomic E-state index is 12.2. The van der Waals surface area contributed by atoms with Crippen molar-refractivity contribution in [1.29, 1.82) is 0 Å². The van der Waals surface area contributed by atoms with Crippen molar-refractivity contribution >= 4 is 17.2 Å². The molecule has 0 saturated heterocycles. The molecule has 130 valence electrons. The minimum Gasteiger partial charge on any atom is -0.486 e. The van der Waals surface area contributed by atoms with Gasteiger partial charge in [-0.05, 0) is 39.3 Å². The molecule has 6 heteroatoms. The number of thiazole rings is 1. The molecule has 1 aromatic carbocycles. The highest BCUT2D eigenvalue weighted by Gasteiger charge is 2.15. The van der Waals surface area contributed by atoms with Gasteiger partial charge in [-0.25, -0.2) is 4.98 Å². The van der Waals surface area contributed by atoms with Gasteiger partial charge in [0, 0.05) is 13.2 Å². The van der Waals surface area contributed by atoms with Gasteiger partial charge in [0.1, 0.15) is 22.2 Å². The first-order valence-corrected chi connectivity index (χ1v) is 8.92. The smallest absolute Gasteiger partial charge is 0.263 e. The Bertz CT molecular complexity index is 641. The number of carbonyl (C=O) groups excluding carboxylic acids is 1. The first-order valence-electron chi connectivity index (χ1n) is 8.10. The Balaban J connectivity index is 1.80. The summed E-state index contributed by atoms with van der Waals surface area (Å²) in [5.41, 5.74) is 0.739. The molecule has 0 aliphatic rings. The summed E-state index contributed by atoms with van der Waals surface area (Å²) in [5, 5.41) is 3.71. The van der Waals surface area contributed by atoms with Crippen molar-refractivity contribution < 1.29 is 14.3 Å². The number of ether oxygens (including phenoxy) is 2. The van der Waals surface area contributed by atoms with Crippen molar-refractivity contribution in [2.75, 3.05) is 13.2 Å². The van der Waals surface area contributed by atoms with Crippen LogP contribution < -0.4 is 10.1 Å². The predicted octanol–water partition coefficient (Wildman–Crippen LogP) is 3.58. The molecule has 0 aliphatic heterocycles. The maximum Gasteiger partial charge on any atom is 0.263 e. The molecule has 2 rings (SSSR count). The number of hydrogen-bond donors (Lipinski definition) is 1. The second-order valence-corrected chi connectivity index (χ2v) is 6.74. The summed E-state index contributed by atoms with van der Waals surface area (Å²) in [7, 11) is 0. The van der Waals surface area contributed by atoms with Gasteiger partial charge in [0.05, 0.1) is 11.8 Å². The van der Waals surface area contributed by atoms with Gasteiger partial charge in [0.2, 0.25) is 0 Å². The van der Waals surface area contributed by atoms with E-state index in [4.69, 9.17) is 9.47 Å². The Morgan fingerprint density at radius 2 is 2.04 bits per heavy atom. The van der Waals surface area contributed by atoms with Gasteiger partial charge >= 0.3 is 0 Å². The summed E-state index contributed by atoms with van der Waals surface area (Å²) >= 11 is 1.38. The lowest BCUT2D eigenvalue weighted by atomic mass is 10.3. The molecule has 0 saturated carbocycles. The van der Waals surface area contributed by atoms with Crippen molar-refractivity contribution in [3.63, 3.8) is 0 Å². The average Bonchev–Trinajstić information content (AvgIpc) is 2.94. The Kier molecular flexibility index (Phi) is 7.21. The van der Waals surface area contributed by atoms with E-state index in [1.54, 1.807) is 0 Å². The number of nitrogens with zero attached hydrogens (tertiary/aromatic N) is 1. The van der Waals surface area contributed by atoms with E-state index in [9.17, 15) is 4.79 Å². The van der Waals surface area contributed by atoms with Crippen LogP contribution in [0.25, 0.3) is 0 Å². The van der Waals surface area contributed by atoms with Gasteiger partial charge in [0.25, 0.3) is 5.91 Å². The second kappa shape index (κ2) is 9.39. The van der Waals surface area contributed by atoms with Crippen molar-refractivity contribution in [1.82, 2.24) is 10.3 Å². The largest absolute Gasteiger partial charge is 0.486 e. The van der Waals surface area contributed by atoms with Crippen LogP contribution in [-0.2, 0) is 11.3 Å². The number of carbonyl (C=O) groups is 1. The monoisotopic (exact) mass is 348 g/mol. The van der Waals surface area contributed by atoms with Crippen LogP contribution in [0.5, 0.6) is 5.75 Å². The maximum atomic E-state index is 12.2. The van der Waals surface area contributed by atoms with E-state index < -0.39 is 0 Å². The number of hydrogen-bond acceptors (Lipinski definition) is 5. The third-order valence-corrected chi connectivity index (χ3v) is 4.34. The van der Waals surface area contributed by atoms with Crippen molar-refractivity contribution in [2.24, 2.45) is 0 Å². The molecule has 0 bridgehead atoms. The topological polar surface area (TPSA) is 60.5 Å². The first kappa shape index (κ1) is 18.4. The van der Waals surface area contributed by atoms with Gasteiger partial charge < -0.3 is 14.8 Å². The summed E-state index contributed by atoms with van der Waals surface area (Å²) in [4.78, 5) is 17.3. The van der Waals surface area contributed by atoms with Crippen LogP contribution >= 0.6 is 11.3 Å². The molecule has 5 nitrogen and oxygen atoms in total. The van der Waals surface area contributed by atoms with Crippen LogP contribution in [-0.4, -0.2) is 30.1 Å². The Morgan fingerprint density at radius 3 is 2.75 bits per heavy atom. The molecule has 1 amide bonds. The Labute approximate surface area is 147 Å². The van der Waals surface area contributed by atoms with E-state index in [-0.39, 0.29) is 12.0 Å². The minimum absolute atomic E-state index is 0.0829. The molecule has 24 heavy (non-hydrogen) atoms. The normalized spacial score (nSPS) is 10.8. The number of benzene rings is 1. The molecule has 0 fully saturated rings. The lowest BCUT2D eigenvalue weighted by Crippen LogP contribution is -2.25. The fourth-order valence-corrected chi connectivity index (χ4v) is 2.95. The van der Waals surface area contributed by atoms with E-state index in [1.165, 1.54) is 11.3 Å². The number of amides is 1. The molecular formula is C18H24N2O3S. The summed E-state index contributed by atoms with van der Waals surface area (Å²) in [6.45, 7) is 7.45. The summed E-state index contributed by atoms with van der Waals surface area (Å²) in [6.07, 6.45) is 1.02. The van der Waals surface area contributed by atoms with Crippen LogP contribution in [0.3, 0.4) is 0 Å². The highest BCUT2D eigenvalue weighted by atomic mass is 32.1. The quantitative estimate of drug-likeness (QED) is 0.704. The molecular weight excluding hydrogens is 324 g/mol. The molecule has 0 spiro atoms. The third kappa shape index (κ3) is 5.94. The number of rotatable bonds is 9. The van der Waals surface area contributed by atoms with Gasteiger partial charge in [-0.15, -0.1) is 11.3 Å². The van der Waals surface area contributed by atoms with Crippen molar-refractivity contribution in [2.45, 2.75) is 39.9 Å². The second-order valence-electron chi connectivity index (χ2n) is 5.65. The summed E-state index contributed by atoms with van der Waals surface area (Å²) < 4.78 is 11.1. The molecule has 0 unspecified atom stereocenters. The highest BCUT2D eigenvalue weighted by Crippen LogP contribution is 2.20. The lowest BCUT2D eigenvalue weighted by Gasteiger charge is -2.07. The number of aromatic nitrogens is 1. The van der Waals surface area contributed by atoms with Crippen molar-refractivity contribution in [3.05, 3.63) is 45.9 Å². The number of nitrogens with one attached hydrogen (secondary N) is 1.